The standard InChI is InChI=1S/C19H19N3OS/c1-14-6-2-3-7-15(14)18(23)21-10-12-22(13-11-21)19-20-16-8-4-5-9-17(16)24-19/h2-9H,10-13H2,1H3. The Bertz CT molecular complexity index is 848. The van der Waals surface area contributed by atoms with Crippen molar-refractivity contribution in [2.24, 2.45) is 0 Å². The molecule has 0 saturated carbocycles. The van der Waals surface area contributed by atoms with Crippen molar-refractivity contribution in [1.29, 1.82) is 0 Å². The van der Waals surface area contributed by atoms with Crippen LogP contribution >= 0.6 is 11.3 Å². The van der Waals surface area contributed by atoms with Crippen molar-refractivity contribution in [3.05, 3.63) is 59.7 Å². The Hall–Kier alpha value is -2.40. The van der Waals surface area contributed by atoms with E-state index < -0.39 is 0 Å². The van der Waals surface area contributed by atoms with Crippen molar-refractivity contribution in [3.8, 4) is 0 Å². The molecule has 4 rings (SSSR count). The van der Waals surface area contributed by atoms with Crippen molar-refractivity contribution in [1.82, 2.24) is 9.88 Å². The minimum atomic E-state index is 0.136. The van der Waals surface area contributed by atoms with Crippen LogP contribution in [-0.4, -0.2) is 42.0 Å². The lowest BCUT2D eigenvalue weighted by molar-refractivity contribution is 0.0746. The quantitative estimate of drug-likeness (QED) is 0.717. The predicted molar refractivity (Wildman–Crippen MR) is 98.9 cm³/mol. The van der Waals surface area contributed by atoms with Crippen LogP contribution in [0.4, 0.5) is 5.13 Å². The van der Waals surface area contributed by atoms with E-state index in [1.165, 1.54) is 4.70 Å². The molecule has 0 aliphatic carbocycles. The van der Waals surface area contributed by atoms with Gasteiger partial charge in [0.15, 0.2) is 5.13 Å². The summed E-state index contributed by atoms with van der Waals surface area (Å²) in [6, 6.07) is 16.0. The number of nitrogens with zero attached hydrogens (tertiary/aromatic N) is 3. The van der Waals surface area contributed by atoms with E-state index in [-0.39, 0.29) is 5.91 Å². The molecule has 0 N–H and O–H groups in total. The van der Waals surface area contributed by atoms with Gasteiger partial charge >= 0.3 is 0 Å². The zero-order chi connectivity index (χ0) is 16.5. The number of amides is 1. The lowest BCUT2D eigenvalue weighted by Crippen LogP contribution is -2.48. The number of fused-ring (bicyclic) bond motifs is 1. The monoisotopic (exact) mass is 337 g/mol. The lowest BCUT2D eigenvalue weighted by Gasteiger charge is -2.34. The molecule has 24 heavy (non-hydrogen) atoms. The Kier molecular flexibility index (Phi) is 3.94. The molecule has 122 valence electrons. The number of rotatable bonds is 2. The number of hydrogen-bond donors (Lipinski definition) is 0. The van der Waals surface area contributed by atoms with Gasteiger partial charge in [0.2, 0.25) is 0 Å². The minimum Gasteiger partial charge on any atom is -0.345 e. The SMILES string of the molecule is Cc1ccccc1C(=O)N1CCN(c2nc3ccccc3s2)CC1. The number of aromatic nitrogens is 1. The molecule has 2 heterocycles. The second-order valence-corrected chi connectivity index (χ2v) is 7.07. The zero-order valence-corrected chi connectivity index (χ0v) is 14.4. The summed E-state index contributed by atoms with van der Waals surface area (Å²) in [7, 11) is 0. The Morgan fingerprint density at radius 1 is 1.00 bits per heavy atom. The van der Waals surface area contributed by atoms with E-state index in [0.29, 0.717) is 0 Å². The third kappa shape index (κ3) is 2.76. The van der Waals surface area contributed by atoms with Crippen molar-refractivity contribution in [2.45, 2.75) is 6.92 Å². The molecular weight excluding hydrogens is 318 g/mol. The molecule has 2 aromatic carbocycles. The van der Waals surface area contributed by atoms with Gasteiger partial charge in [0.05, 0.1) is 10.2 Å². The molecule has 4 nitrogen and oxygen atoms in total. The first-order valence-electron chi connectivity index (χ1n) is 8.18. The number of carbonyl (C=O) groups excluding carboxylic acids is 1. The Morgan fingerprint density at radius 2 is 1.71 bits per heavy atom. The average molecular weight is 337 g/mol. The fraction of sp³-hybridized carbons (Fsp3) is 0.263. The van der Waals surface area contributed by atoms with E-state index in [2.05, 4.69) is 11.0 Å². The number of piperazine rings is 1. The normalized spacial score (nSPS) is 15.0. The summed E-state index contributed by atoms with van der Waals surface area (Å²) in [6.45, 7) is 5.13. The van der Waals surface area contributed by atoms with Gasteiger partial charge in [-0.15, -0.1) is 0 Å². The first kappa shape index (κ1) is 15.1. The van der Waals surface area contributed by atoms with Crippen LogP contribution in [0.1, 0.15) is 15.9 Å². The summed E-state index contributed by atoms with van der Waals surface area (Å²) in [6.07, 6.45) is 0. The van der Waals surface area contributed by atoms with Gasteiger partial charge in [0.25, 0.3) is 5.91 Å². The molecule has 1 fully saturated rings. The van der Waals surface area contributed by atoms with Crippen LogP contribution in [0.25, 0.3) is 10.2 Å². The number of thiazole rings is 1. The molecule has 1 saturated heterocycles. The number of benzene rings is 2. The highest BCUT2D eigenvalue weighted by Crippen LogP contribution is 2.29. The molecule has 0 unspecified atom stereocenters. The first-order valence-corrected chi connectivity index (χ1v) is 8.99. The minimum absolute atomic E-state index is 0.136. The topological polar surface area (TPSA) is 36.4 Å². The first-order chi connectivity index (χ1) is 11.7. The second-order valence-electron chi connectivity index (χ2n) is 6.06. The van der Waals surface area contributed by atoms with Gasteiger partial charge in [-0.1, -0.05) is 41.7 Å². The van der Waals surface area contributed by atoms with Crippen molar-refractivity contribution < 1.29 is 4.79 Å². The Balaban J connectivity index is 1.47. The maximum absolute atomic E-state index is 12.7. The van der Waals surface area contributed by atoms with Gasteiger partial charge in [-0.3, -0.25) is 4.79 Å². The summed E-state index contributed by atoms with van der Waals surface area (Å²) >= 11 is 1.72. The number of para-hydroxylation sites is 1. The van der Waals surface area contributed by atoms with Gasteiger partial charge in [-0.2, -0.15) is 0 Å². The predicted octanol–water partition coefficient (Wildman–Crippen LogP) is 3.57. The number of carbonyl (C=O) groups is 1. The maximum atomic E-state index is 12.7. The summed E-state index contributed by atoms with van der Waals surface area (Å²) in [5.74, 6) is 0.136. The molecule has 1 aliphatic rings. The maximum Gasteiger partial charge on any atom is 0.254 e. The number of aryl methyl sites for hydroxylation is 1. The smallest absolute Gasteiger partial charge is 0.254 e. The molecule has 3 aromatic rings. The third-order valence-electron chi connectivity index (χ3n) is 4.50. The van der Waals surface area contributed by atoms with Crippen LogP contribution < -0.4 is 4.90 Å². The van der Waals surface area contributed by atoms with E-state index in [1.807, 2.05) is 54.3 Å². The highest BCUT2D eigenvalue weighted by Gasteiger charge is 2.24. The fourth-order valence-corrected chi connectivity index (χ4v) is 4.10. The molecule has 1 amide bonds. The molecular formula is C19H19N3OS. The molecule has 0 spiro atoms. The summed E-state index contributed by atoms with van der Waals surface area (Å²) in [5, 5.41) is 1.05. The molecule has 1 aliphatic heterocycles. The van der Waals surface area contributed by atoms with Crippen molar-refractivity contribution in [2.75, 3.05) is 31.1 Å². The van der Waals surface area contributed by atoms with Crippen LogP contribution in [-0.2, 0) is 0 Å². The number of anilines is 1. The van der Waals surface area contributed by atoms with Crippen LogP contribution in [0.2, 0.25) is 0 Å². The van der Waals surface area contributed by atoms with Gasteiger partial charge in [0.1, 0.15) is 0 Å². The van der Waals surface area contributed by atoms with Crippen LogP contribution in [0.5, 0.6) is 0 Å². The highest BCUT2D eigenvalue weighted by molar-refractivity contribution is 7.22. The molecule has 0 atom stereocenters. The second kappa shape index (κ2) is 6.24. The van der Waals surface area contributed by atoms with Crippen LogP contribution in [0, 0.1) is 6.92 Å². The highest BCUT2D eigenvalue weighted by atomic mass is 32.1. The van der Waals surface area contributed by atoms with Gasteiger partial charge in [-0.25, -0.2) is 4.98 Å². The number of hydrogen-bond acceptors (Lipinski definition) is 4. The lowest BCUT2D eigenvalue weighted by atomic mass is 10.1. The molecule has 0 bridgehead atoms. The van der Waals surface area contributed by atoms with E-state index in [4.69, 9.17) is 4.98 Å². The molecule has 0 radical (unpaired) electrons. The van der Waals surface area contributed by atoms with Crippen molar-refractivity contribution in [3.63, 3.8) is 0 Å². The van der Waals surface area contributed by atoms with E-state index in [1.54, 1.807) is 11.3 Å². The Labute approximate surface area is 145 Å². The largest absolute Gasteiger partial charge is 0.345 e. The van der Waals surface area contributed by atoms with Gasteiger partial charge < -0.3 is 9.80 Å². The zero-order valence-electron chi connectivity index (χ0n) is 13.6. The van der Waals surface area contributed by atoms with Crippen molar-refractivity contribution >= 4 is 32.6 Å². The van der Waals surface area contributed by atoms with E-state index >= 15 is 0 Å². The van der Waals surface area contributed by atoms with Gasteiger partial charge in [-0.05, 0) is 30.7 Å². The van der Waals surface area contributed by atoms with E-state index in [9.17, 15) is 4.79 Å². The molecule has 1 aromatic heterocycles. The van der Waals surface area contributed by atoms with Gasteiger partial charge in [0, 0.05) is 31.7 Å². The molecule has 5 heteroatoms. The van der Waals surface area contributed by atoms with Crippen LogP contribution in [0.15, 0.2) is 48.5 Å². The summed E-state index contributed by atoms with van der Waals surface area (Å²) in [5.41, 5.74) is 2.90. The van der Waals surface area contributed by atoms with E-state index in [0.717, 1.165) is 48.0 Å². The third-order valence-corrected chi connectivity index (χ3v) is 5.59. The van der Waals surface area contributed by atoms with Crippen LogP contribution in [0.3, 0.4) is 0 Å². The average Bonchev–Trinajstić information content (AvgIpc) is 3.06. The summed E-state index contributed by atoms with van der Waals surface area (Å²) < 4.78 is 1.21. The fourth-order valence-electron chi connectivity index (χ4n) is 3.08. The Morgan fingerprint density at radius 3 is 2.46 bits per heavy atom. The summed E-state index contributed by atoms with van der Waals surface area (Å²) in [4.78, 5) is 21.7.